The Morgan fingerprint density at radius 2 is 1.80 bits per heavy atom. The summed E-state index contributed by atoms with van der Waals surface area (Å²) < 4.78 is 5.67. The summed E-state index contributed by atoms with van der Waals surface area (Å²) in [4.78, 5) is 24.1. The maximum atomic E-state index is 12.6. The molecule has 1 unspecified atom stereocenters. The third-order valence-electron chi connectivity index (χ3n) is 4.24. The molecule has 1 rings (SSSR count). The molecule has 1 N–H and O–H groups in total. The van der Waals surface area contributed by atoms with Gasteiger partial charge in [-0.15, -0.1) is 0 Å². The molecule has 0 fully saturated rings. The van der Waals surface area contributed by atoms with Gasteiger partial charge in [0.15, 0.2) is 0 Å². The van der Waals surface area contributed by atoms with Crippen molar-refractivity contribution in [3.05, 3.63) is 33.8 Å². The van der Waals surface area contributed by atoms with Crippen LogP contribution in [0.25, 0.3) is 0 Å². The van der Waals surface area contributed by atoms with E-state index in [4.69, 9.17) is 16.3 Å². The van der Waals surface area contributed by atoms with Gasteiger partial charge in [-0.2, -0.15) is 0 Å². The monoisotopic (exact) mass is 368 g/mol. The first-order chi connectivity index (χ1) is 11.8. The molecule has 0 amide bonds. The minimum Gasteiger partial charge on any atom is -0.478 e. The smallest absolute Gasteiger partial charge is 0.339 e. The van der Waals surface area contributed by atoms with Crippen LogP contribution in [0.4, 0.5) is 0 Å². The van der Waals surface area contributed by atoms with Crippen molar-refractivity contribution in [2.24, 2.45) is 5.92 Å². The van der Waals surface area contributed by atoms with Crippen molar-refractivity contribution in [1.29, 1.82) is 0 Å². The van der Waals surface area contributed by atoms with Gasteiger partial charge in [0, 0.05) is 5.02 Å². The van der Waals surface area contributed by atoms with Crippen molar-refractivity contribution in [1.82, 2.24) is 0 Å². The number of hydrogen-bond acceptors (Lipinski definition) is 3. The summed E-state index contributed by atoms with van der Waals surface area (Å²) in [5.41, 5.74) is 0.719. The van der Waals surface area contributed by atoms with E-state index in [0.717, 1.165) is 37.7 Å². The van der Waals surface area contributed by atoms with Gasteiger partial charge in [0.2, 0.25) is 0 Å². The van der Waals surface area contributed by atoms with E-state index >= 15 is 0 Å². The van der Waals surface area contributed by atoms with Crippen molar-refractivity contribution in [3.63, 3.8) is 0 Å². The van der Waals surface area contributed by atoms with E-state index in [9.17, 15) is 14.7 Å². The standard InChI is InChI=1S/C20H29ClO4/c1-5-7-8-15(10-9-13(3)4)25-20(24)17-11-14(6-2)18(21)12-16(17)19(22)23/h11-13,15H,5-10H2,1-4H3,(H,22,23). The zero-order chi connectivity index (χ0) is 19.0. The highest BCUT2D eigenvalue weighted by molar-refractivity contribution is 6.32. The molecule has 5 heteroatoms. The van der Waals surface area contributed by atoms with Gasteiger partial charge in [-0.3, -0.25) is 0 Å². The van der Waals surface area contributed by atoms with E-state index in [0.29, 0.717) is 17.4 Å². The maximum absolute atomic E-state index is 12.6. The van der Waals surface area contributed by atoms with E-state index < -0.39 is 11.9 Å². The summed E-state index contributed by atoms with van der Waals surface area (Å²) in [7, 11) is 0. The molecule has 0 aromatic heterocycles. The summed E-state index contributed by atoms with van der Waals surface area (Å²) >= 11 is 6.09. The lowest BCUT2D eigenvalue weighted by Gasteiger charge is -2.20. The molecule has 0 spiro atoms. The largest absolute Gasteiger partial charge is 0.478 e. The van der Waals surface area contributed by atoms with Crippen LogP contribution in [0.2, 0.25) is 5.02 Å². The molecule has 1 aromatic rings. The normalized spacial score (nSPS) is 12.2. The summed E-state index contributed by atoms with van der Waals surface area (Å²) in [6.07, 6.45) is 4.99. The Kier molecular flexibility index (Phi) is 8.98. The minimum absolute atomic E-state index is 0.0831. The van der Waals surface area contributed by atoms with E-state index in [2.05, 4.69) is 20.8 Å². The molecule has 140 valence electrons. The summed E-state index contributed by atoms with van der Waals surface area (Å²) in [6, 6.07) is 2.89. The Balaban J connectivity index is 3.03. The number of carboxylic acid groups (broad SMARTS) is 1. The average Bonchev–Trinajstić information content (AvgIpc) is 2.56. The van der Waals surface area contributed by atoms with Crippen LogP contribution in [-0.2, 0) is 11.2 Å². The van der Waals surface area contributed by atoms with Gasteiger partial charge in [-0.05, 0) is 49.3 Å². The van der Waals surface area contributed by atoms with Crippen LogP contribution < -0.4 is 0 Å². The second kappa shape index (κ2) is 10.4. The minimum atomic E-state index is -1.18. The zero-order valence-electron chi connectivity index (χ0n) is 15.6. The van der Waals surface area contributed by atoms with Gasteiger partial charge in [-0.1, -0.05) is 52.1 Å². The lowest BCUT2D eigenvalue weighted by atomic mass is 10.0. The third-order valence-corrected chi connectivity index (χ3v) is 4.59. The highest BCUT2D eigenvalue weighted by atomic mass is 35.5. The van der Waals surface area contributed by atoms with E-state index in [-0.39, 0.29) is 17.2 Å². The number of hydrogen-bond donors (Lipinski definition) is 1. The number of carboxylic acids is 1. The quantitative estimate of drug-likeness (QED) is 0.534. The van der Waals surface area contributed by atoms with Crippen LogP contribution in [0.15, 0.2) is 12.1 Å². The van der Waals surface area contributed by atoms with Crippen LogP contribution in [-0.4, -0.2) is 23.1 Å². The Labute approximate surface area is 155 Å². The third kappa shape index (κ3) is 6.69. The van der Waals surface area contributed by atoms with Gasteiger partial charge in [-0.25, -0.2) is 9.59 Å². The first-order valence-electron chi connectivity index (χ1n) is 9.06. The van der Waals surface area contributed by atoms with E-state index in [1.807, 2.05) is 6.92 Å². The van der Waals surface area contributed by atoms with Crippen molar-refractivity contribution in [2.75, 3.05) is 0 Å². The van der Waals surface area contributed by atoms with Crippen LogP contribution in [0, 0.1) is 5.92 Å². The predicted molar refractivity (Wildman–Crippen MR) is 101 cm³/mol. The van der Waals surface area contributed by atoms with E-state index in [1.54, 1.807) is 6.07 Å². The van der Waals surface area contributed by atoms with Crippen molar-refractivity contribution < 1.29 is 19.4 Å². The molecule has 0 aliphatic rings. The van der Waals surface area contributed by atoms with Gasteiger partial charge in [0.05, 0.1) is 11.1 Å². The van der Waals surface area contributed by atoms with Crippen LogP contribution in [0.5, 0.6) is 0 Å². The van der Waals surface area contributed by atoms with Gasteiger partial charge < -0.3 is 9.84 Å². The summed E-state index contributed by atoms with van der Waals surface area (Å²) in [5, 5.41) is 9.75. The number of unbranched alkanes of at least 4 members (excludes halogenated alkanes) is 1. The number of halogens is 1. The van der Waals surface area contributed by atoms with Crippen LogP contribution in [0.3, 0.4) is 0 Å². The molecule has 1 atom stereocenters. The van der Waals surface area contributed by atoms with Crippen molar-refractivity contribution >= 4 is 23.5 Å². The second-order valence-corrected chi connectivity index (χ2v) is 7.20. The number of ether oxygens (including phenoxy) is 1. The Bertz CT molecular complexity index is 596. The first-order valence-corrected chi connectivity index (χ1v) is 9.44. The van der Waals surface area contributed by atoms with Crippen LogP contribution in [0.1, 0.15) is 86.1 Å². The number of aromatic carboxylic acids is 1. The number of rotatable bonds is 10. The molecule has 1 aromatic carbocycles. The predicted octanol–water partition coefficient (Wildman–Crippen LogP) is 5.75. The second-order valence-electron chi connectivity index (χ2n) is 6.79. The molecule has 0 radical (unpaired) electrons. The van der Waals surface area contributed by atoms with Gasteiger partial charge in [0.1, 0.15) is 6.10 Å². The number of carbonyl (C=O) groups is 2. The average molecular weight is 369 g/mol. The highest BCUT2D eigenvalue weighted by Crippen LogP contribution is 2.25. The molecule has 0 aliphatic carbocycles. The summed E-state index contributed by atoms with van der Waals surface area (Å²) in [5.74, 6) is -1.22. The highest BCUT2D eigenvalue weighted by Gasteiger charge is 2.23. The number of aryl methyl sites for hydroxylation is 1. The lowest BCUT2D eigenvalue weighted by molar-refractivity contribution is 0.0238. The van der Waals surface area contributed by atoms with Gasteiger partial charge >= 0.3 is 11.9 Å². The van der Waals surface area contributed by atoms with Crippen molar-refractivity contribution in [2.45, 2.75) is 72.3 Å². The fourth-order valence-corrected chi connectivity index (χ4v) is 2.96. The Morgan fingerprint density at radius 1 is 1.12 bits per heavy atom. The number of carbonyl (C=O) groups excluding carboxylic acids is 1. The number of benzene rings is 1. The van der Waals surface area contributed by atoms with Crippen molar-refractivity contribution in [3.8, 4) is 0 Å². The van der Waals surface area contributed by atoms with Crippen LogP contribution >= 0.6 is 11.6 Å². The SMILES string of the molecule is CCCCC(CCC(C)C)OC(=O)c1cc(CC)c(Cl)cc1C(=O)O. The fourth-order valence-electron chi connectivity index (χ4n) is 2.66. The molecule has 0 bridgehead atoms. The molecule has 0 heterocycles. The Hall–Kier alpha value is -1.55. The number of esters is 1. The maximum Gasteiger partial charge on any atom is 0.339 e. The molecular weight excluding hydrogens is 340 g/mol. The molecule has 0 saturated carbocycles. The molecule has 0 aliphatic heterocycles. The molecule has 4 nitrogen and oxygen atoms in total. The molecular formula is C20H29ClO4. The van der Waals surface area contributed by atoms with E-state index in [1.165, 1.54) is 6.07 Å². The lowest BCUT2D eigenvalue weighted by Crippen LogP contribution is -2.21. The summed E-state index contributed by atoms with van der Waals surface area (Å²) in [6.45, 7) is 8.27. The topological polar surface area (TPSA) is 63.6 Å². The molecule has 0 saturated heterocycles. The fraction of sp³-hybridized carbons (Fsp3) is 0.600. The Morgan fingerprint density at radius 3 is 2.32 bits per heavy atom. The molecule has 25 heavy (non-hydrogen) atoms. The first kappa shape index (κ1) is 21.5. The zero-order valence-corrected chi connectivity index (χ0v) is 16.4. The van der Waals surface area contributed by atoms with Gasteiger partial charge in [0.25, 0.3) is 0 Å².